The Morgan fingerprint density at radius 3 is 2.50 bits per heavy atom. The third-order valence-electron chi connectivity index (χ3n) is 0.198. The van der Waals surface area contributed by atoms with Crippen LogP contribution >= 0.6 is 0 Å². The van der Waals surface area contributed by atoms with E-state index in [0.29, 0.717) is 0 Å². The second kappa shape index (κ2) is 1.69. The molecule has 0 fully saturated rings. The molecule has 0 bridgehead atoms. The summed E-state index contributed by atoms with van der Waals surface area (Å²) in [6.07, 6.45) is -3.07. The second-order valence-electron chi connectivity index (χ2n) is 0.665. The van der Waals surface area contributed by atoms with Gasteiger partial charge in [-0.3, -0.25) is 4.79 Å². The Bertz CT molecular complexity index is 76.1. The summed E-state index contributed by atoms with van der Waals surface area (Å²) in [5, 5.41) is 0. The molecule has 1 amide bonds. The molecule has 36 valence electrons. The summed E-state index contributed by atoms with van der Waals surface area (Å²) in [4.78, 5) is 9.46. The van der Waals surface area contributed by atoms with E-state index in [9.17, 15) is 13.6 Å². The molecule has 0 aromatic heterocycles. The highest BCUT2D eigenvalue weighted by atomic mass is 19.3. The average molecular weight is 96.1 g/mol. The third kappa shape index (κ3) is 1.63. The summed E-state index contributed by atoms with van der Waals surface area (Å²) >= 11 is 0. The van der Waals surface area contributed by atoms with Gasteiger partial charge in [-0.15, -0.1) is 0 Å². The van der Waals surface area contributed by atoms with Gasteiger partial charge in [0.2, 0.25) is 0 Å². The van der Waals surface area contributed by atoms with E-state index in [1.165, 1.54) is 0 Å². The Morgan fingerprint density at radius 1 is 2.00 bits per heavy atom. The van der Waals surface area contributed by atoms with Crippen LogP contribution in [0.1, 0.15) is 0 Å². The molecule has 2 N–H and O–H groups in total. The van der Waals surface area contributed by atoms with Gasteiger partial charge in [0.25, 0.3) is 5.91 Å². The van der Waals surface area contributed by atoms with E-state index >= 15 is 0 Å². The second-order valence-corrected chi connectivity index (χ2v) is 0.665. The SMILES string of the molecule is [2H]NC(=O)C(F)F. The first-order chi connectivity index (χ1) is 3.18. The van der Waals surface area contributed by atoms with Gasteiger partial charge in [0.1, 0.15) is 0 Å². The molecule has 0 aliphatic heterocycles. The predicted molar refractivity (Wildman–Crippen MR) is 15.2 cm³/mol. The van der Waals surface area contributed by atoms with Crippen LogP contribution in [0.15, 0.2) is 0 Å². The molecule has 0 aliphatic rings. The van der Waals surface area contributed by atoms with Crippen LogP contribution in [-0.2, 0) is 4.79 Å². The lowest BCUT2D eigenvalue weighted by atomic mass is 10.7. The van der Waals surface area contributed by atoms with E-state index in [0.717, 1.165) is 5.73 Å². The van der Waals surface area contributed by atoms with Crippen LogP contribution in [0.4, 0.5) is 8.78 Å². The van der Waals surface area contributed by atoms with Crippen LogP contribution < -0.4 is 5.73 Å². The average Bonchev–Trinajstić information content (AvgIpc) is 1.65. The maximum Gasteiger partial charge on any atom is 0.315 e. The molecule has 0 saturated heterocycles. The molecule has 6 heavy (non-hydrogen) atoms. The van der Waals surface area contributed by atoms with E-state index < -0.39 is 12.3 Å². The van der Waals surface area contributed by atoms with Crippen molar-refractivity contribution in [2.24, 2.45) is 5.73 Å². The van der Waals surface area contributed by atoms with E-state index in [1.54, 1.807) is 0 Å². The van der Waals surface area contributed by atoms with Crippen LogP contribution in [0.2, 0.25) is 1.41 Å². The van der Waals surface area contributed by atoms with Crippen molar-refractivity contribution in [3.63, 3.8) is 0 Å². The van der Waals surface area contributed by atoms with Crippen LogP contribution in [0.5, 0.6) is 0 Å². The molecule has 0 spiro atoms. The van der Waals surface area contributed by atoms with Gasteiger partial charge >= 0.3 is 6.43 Å². The molecule has 0 aromatic rings. The van der Waals surface area contributed by atoms with Crippen molar-refractivity contribution in [1.82, 2.24) is 0 Å². The lowest BCUT2D eigenvalue weighted by Crippen LogP contribution is -2.19. The molecule has 0 atom stereocenters. The number of carbonyl (C=O) groups excluding carboxylic acids is 1. The number of primary amides is 1. The van der Waals surface area contributed by atoms with E-state index in [1.807, 2.05) is 0 Å². The molecule has 0 aliphatic carbocycles. The summed E-state index contributed by atoms with van der Waals surface area (Å²) in [5.41, 5.74) is 1.03. The first kappa shape index (κ1) is 3.52. The number of amides is 1. The molecule has 0 saturated carbocycles. The van der Waals surface area contributed by atoms with E-state index in [4.69, 9.17) is 1.41 Å². The zero-order valence-electron chi connectivity index (χ0n) is 3.74. The Labute approximate surface area is 34.4 Å². The highest BCUT2D eigenvalue weighted by Crippen LogP contribution is 1.85. The number of alkyl halides is 2. The number of carbonyl (C=O) groups is 1. The minimum absolute atomic E-state index is 1.03. The monoisotopic (exact) mass is 96.0 g/mol. The van der Waals surface area contributed by atoms with Crippen molar-refractivity contribution in [3.8, 4) is 0 Å². The minimum Gasteiger partial charge on any atom is -0.365 e. The summed E-state index contributed by atoms with van der Waals surface area (Å²) in [7, 11) is 0. The van der Waals surface area contributed by atoms with Crippen molar-refractivity contribution < 1.29 is 15.0 Å². The van der Waals surface area contributed by atoms with Gasteiger partial charge in [-0.1, -0.05) is 0 Å². The molecular weight excluding hydrogens is 92.0 g/mol. The minimum atomic E-state index is -3.07. The van der Waals surface area contributed by atoms with Gasteiger partial charge in [0, 0.05) is 0 Å². The fourth-order valence-electron chi connectivity index (χ4n) is 0. The highest BCUT2D eigenvalue weighted by Gasteiger charge is 2.07. The first-order valence-electron chi connectivity index (χ1n) is 1.68. The molecule has 0 radical (unpaired) electrons. The third-order valence-corrected chi connectivity index (χ3v) is 0.198. The largest absolute Gasteiger partial charge is 0.365 e. The predicted octanol–water partition coefficient (Wildman–Crippen LogP) is -0.263. The van der Waals surface area contributed by atoms with Crippen molar-refractivity contribution >= 4 is 5.91 Å². The van der Waals surface area contributed by atoms with E-state index in [2.05, 4.69) is 0 Å². The maximum atomic E-state index is 10.9. The number of hydrogen-bond donors (Lipinski definition) is 1. The summed E-state index contributed by atoms with van der Waals surface area (Å²) in [6, 6.07) is 0. The molecule has 2 nitrogen and oxygen atoms in total. The van der Waals surface area contributed by atoms with Crippen LogP contribution in [0.25, 0.3) is 0 Å². The van der Waals surface area contributed by atoms with Crippen molar-refractivity contribution in [3.05, 3.63) is 0 Å². The summed E-state index contributed by atoms with van der Waals surface area (Å²) in [6.45, 7) is 0. The lowest BCUT2D eigenvalue weighted by molar-refractivity contribution is -0.128. The van der Waals surface area contributed by atoms with Gasteiger partial charge in [-0.25, -0.2) is 0 Å². The smallest absolute Gasteiger partial charge is 0.315 e. The van der Waals surface area contributed by atoms with Gasteiger partial charge in [0.05, 0.1) is 0 Å². The summed E-state index contributed by atoms with van der Waals surface area (Å²) < 4.78 is 27.7. The highest BCUT2D eigenvalue weighted by molar-refractivity contribution is 5.76. The molecular formula is C2H3F2NO. The molecule has 0 heterocycles. The number of halogens is 2. The topological polar surface area (TPSA) is 43.1 Å². The van der Waals surface area contributed by atoms with Gasteiger partial charge in [-0.2, -0.15) is 8.78 Å². The zero-order chi connectivity index (χ0) is 5.86. The van der Waals surface area contributed by atoms with Crippen molar-refractivity contribution in [2.75, 3.05) is 0 Å². The maximum absolute atomic E-state index is 10.9. The number of rotatable bonds is 1. The van der Waals surface area contributed by atoms with Crippen LogP contribution in [0.3, 0.4) is 0 Å². The Balaban J connectivity index is 3.35. The van der Waals surface area contributed by atoms with Crippen molar-refractivity contribution in [1.29, 1.82) is 0 Å². The standard InChI is InChI=1S/C2H3F2NO/c3-1(4)2(5)6/h1H,(H2,5,6)/i/hD. The Morgan fingerprint density at radius 2 is 2.50 bits per heavy atom. The first-order valence-corrected chi connectivity index (χ1v) is 1.18. The fraction of sp³-hybridized carbons (Fsp3) is 0.500. The lowest BCUT2D eigenvalue weighted by Gasteiger charge is -1.82. The van der Waals surface area contributed by atoms with Crippen molar-refractivity contribution in [2.45, 2.75) is 6.43 Å². The van der Waals surface area contributed by atoms with Gasteiger partial charge < -0.3 is 5.73 Å². The van der Waals surface area contributed by atoms with Crippen LogP contribution in [0, 0.1) is 0 Å². The molecule has 0 rings (SSSR count). The fourth-order valence-corrected chi connectivity index (χ4v) is 0. The Kier molecular flexibility index (Phi) is 0.991. The zero-order valence-corrected chi connectivity index (χ0v) is 2.74. The van der Waals surface area contributed by atoms with Crippen LogP contribution in [-0.4, -0.2) is 12.3 Å². The van der Waals surface area contributed by atoms with Gasteiger partial charge in [0.15, 0.2) is 1.41 Å². The normalized spacial score (nSPS) is 10.8. The quantitative estimate of drug-likeness (QED) is 0.480. The Hall–Kier alpha value is -0.670. The summed E-state index contributed by atoms with van der Waals surface area (Å²) in [5.74, 6) is -1.57. The molecule has 0 unspecified atom stereocenters. The van der Waals surface area contributed by atoms with Gasteiger partial charge in [-0.05, 0) is 0 Å². The number of nitrogens with two attached hydrogens (primary N) is 1. The molecule has 4 heteroatoms. The molecule has 0 aromatic carbocycles. The van der Waals surface area contributed by atoms with E-state index in [-0.39, 0.29) is 0 Å². The number of hydrogen-bond acceptors (Lipinski definition) is 1.